The number of aliphatic hydroxyl groups excluding tert-OH is 1. The summed E-state index contributed by atoms with van der Waals surface area (Å²) in [6.07, 6.45) is 1.32. The largest absolute Gasteiger partial charge is 0.386 e. The van der Waals surface area contributed by atoms with Gasteiger partial charge in [0.1, 0.15) is 6.61 Å². The number of nitrogens with zero attached hydrogens (tertiary/aromatic N) is 2. The number of nitro groups is 1. The molecule has 0 aliphatic carbocycles. The van der Waals surface area contributed by atoms with Crippen molar-refractivity contribution in [3.8, 4) is 0 Å². The molecule has 0 heterocycles. The number of hydrogen-bond acceptors (Lipinski definition) is 5. The van der Waals surface area contributed by atoms with Gasteiger partial charge in [-0.05, 0) is 17.7 Å². The quantitative estimate of drug-likeness (QED) is 0.427. The zero-order chi connectivity index (χ0) is 12.0. The molecule has 0 aliphatic rings. The summed E-state index contributed by atoms with van der Waals surface area (Å²) in [5, 5.41) is 22.2. The second-order valence-electron chi connectivity index (χ2n) is 2.80. The average molecular weight is 223 g/mol. The molecule has 16 heavy (non-hydrogen) atoms. The summed E-state index contributed by atoms with van der Waals surface area (Å²) < 4.78 is 0. The van der Waals surface area contributed by atoms with Crippen molar-refractivity contribution in [2.24, 2.45) is 5.10 Å². The van der Waals surface area contributed by atoms with Crippen molar-refractivity contribution in [3.63, 3.8) is 0 Å². The highest BCUT2D eigenvalue weighted by Gasteiger charge is 2.02. The highest BCUT2D eigenvalue weighted by Crippen LogP contribution is 2.10. The van der Waals surface area contributed by atoms with Gasteiger partial charge >= 0.3 is 0 Å². The van der Waals surface area contributed by atoms with Crippen molar-refractivity contribution in [2.75, 3.05) is 6.61 Å². The Morgan fingerprint density at radius 3 is 2.62 bits per heavy atom. The van der Waals surface area contributed by atoms with E-state index in [9.17, 15) is 14.9 Å². The molecular weight excluding hydrogens is 214 g/mol. The van der Waals surface area contributed by atoms with E-state index in [1.54, 1.807) is 0 Å². The van der Waals surface area contributed by atoms with Crippen molar-refractivity contribution in [1.82, 2.24) is 5.43 Å². The first-order chi connectivity index (χ1) is 7.63. The number of non-ortho nitro benzene ring substituents is 1. The Kier molecular flexibility index (Phi) is 4.10. The van der Waals surface area contributed by atoms with Crippen molar-refractivity contribution in [2.45, 2.75) is 0 Å². The van der Waals surface area contributed by atoms with Crippen LogP contribution in [-0.4, -0.2) is 28.8 Å². The van der Waals surface area contributed by atoms with Gasteiger partial charge in [0.2, 0.25) is 0 Å². The maximum absolute atomic E-state index is 10.6. The molecule has 0 aromatic heterocycles. The van der Waals surface area contributed by atoms with Gasteiger partial charge in [-0.15, -0.1) is 0 Å². The topological polar surface area (TPSA) is 105 Å². The van der Waals surface area contributed by atoms with Crippen LogP contribution in [-0.2, 0) is 4.79 Å². The Labute approximate surface area is 90.6 Å². The van der Waals surface area contributed by atoms with Crippen molar-refractivity contribution < 1.29 is 14.8 Å². The molecule has 0 fully saturated rings. The van der Waals surface area contributed by atoms with E-state index in [2.05, 4.69) is 10.5 Å². The highest BCUT2D eigenvalue weighted by atomic mass is 16.6. The Balaban J connectivity index is 2.61. The van der Waals surface area contributed by atoms with E-state index < -0.39 is 17.4 Å². The lowest BCUT2D eigenvalue weighted by molar-refractivity contribution is -0.384. The molecule has 0 bridgehead atoms. The van der Waals surface area contributed by atoms with Crippen LogP contribution < -0.4 is 5.43 Å². The fourth-order valence-corrected chi connectivity index (χ4v) is 0.896. The lowest BCUT2D eigenvalue weighted by Gasteiger charge is -1.95. The van der Waals surface area contributed by atoms with Crippen LogP contribution in [0.3, 0.4) is 0 Å². The molecule has 7 nitrogen and oxygen atoms in total. The highest BCUT2D eigenvalue weighted by molar-refractivity contribution is 5.82. The number of rotatable bonds is 4. The number of amides is 1. The van der Waals surface area contributed by atoms with E-state index >= 15 is 0 Å². The van der Waals surface area contributed by atoms with Gasteiger partial charge in [-0.2, -0.15) is 5.10 Å². The van der Waals surface area contributed by atoms with Crippen LogP contribution >= 0.6 is 0 Å². The minimum atomic E-state index is -0.641. The summed E-state index contributed by atoms with van der Waals surface area (Å²) in [6, 6.07) is 5.64. The molecule has 2 N–H and O–H groups in total. The molecule has 7 heteroatoms. The number of aliphatic hydroxyl groups is 1. The number of nitrogens with one attached hydrogen (secondary N) is 1. The summed E-state index contributed by atoms with van der Waals surface area (Å²) in [6.45, 7) is -0.641. The maximum Gasteiger partial charge on any atom is 0.269 e. The van der Waals surface area contributed by atoms with Crippen LogP contribution in [0.2, 0.25) is 0 Å². The molecule has 0 atom stereocenters. The molecule has 0 saturated carbocycles. The van der Waals surface area contributed by atoms with E-state index in [4.69, 9.17) is 5.11 Å². The summed E-state index contributed by atoms with van der Waals surface area (Å²) in [4.78, 5) is 20.4. The average Bonchev–Trinajstić information content (AvgIpc) is 2.29. The lowest BCUT2D eigenvalue weighted by atomic mass is 10.2. The van der Waals surface area contributed by atoms with E-state index in [0.717, 1.165) is 0 Å². The Bertz CT molecular complexity index is 413. The predicted molar refractivity (Wildman–Crippen MR) is 55.9 cm³/mol. The monoisotopic (exact) mass is 223 g/mol. The van der Waals surface area contributed by atoms with Crippen LogP contribution in [0.25, 0.3) is 0 Å². The third kappa shape index (κ3) is 3.46. The molecule has 0 unspecified atom stereocenters. The molecular formula is C9H9N3O4. The van der Waals surface area contributed by atoms with Crippen LogP contribution in [0.15, 0.2) is 29.4 Å². The number of benzene rings is 1. The van der Waals surface area contributed by atoms with E-state index in [-0.39, 0.29) is 5.69 Å². The molecule has 0 radical (unpaired) electrons. The Morgan fingerprint density at radius 2 is 2.12 bits per heavy atom. The van der Waals surface area contributed by atoms with Crippen LogP contribution in [0.1, 0.15) is 5.56 Å². The van der Waals surface area contributed by atoms with Gasteiger partial charge in [0.25, 0.3) is 11.6 Å². The van der Waals surface area contributed by atoms with Gasteiger partial charge in [0, 0.05) is 12.1 Å². The third-order valence-electron chi connectivity index (χ3n) is 1.65. The van der Waals surface area contributed by atoms with Gasteiger partial charge in [-0.1, -0.05) is 0 Å². The van der Waals surface area contributed by atoms with Gasteiger partial charge in [-0.25, -0.2) is 5.43 Å². The Hall–Kier alpha value is -2.28. The third-order valence-corrected chi connectivity index (χ3v) is 1.65. The van der Waals surface area contributed by atoms with Gasteiger partial charge < -0.3 is 5.11 Å². The SMILES string of the molecule is O=C(CO)N/N=C/c1ccc([N+](=O)[O-])cc1. The number of hydrazone groups is 1. The molecule has 0 saturated heterocycles. The smallest absolute Gasteiger partial charge is 0.269 e. The number of nitro benzene ring substituents is 1. The normalized spacial score (nSPS) is 10.3. The van der Waals surface area contributed by atoms with Crippen LogP contribution in [0.5, 0.6) is 0 Å². The molecule has 1 amide bonds. The van der Waals surface area contributed by atoms with Crippen LogP contribution in [0, 0.1) is 10.1 Å². The minimum Gasteiger partial charge on any atom is -0.386 e. The molecule has 84 valence electrons. The molecule has 1 rings (SSSR count). The fourth-order valence-electron chi connectivity index (χ4n) is 0.896. The standard InChI is InChI=1S/C9H9N3O4/c13-6-9(14)11-10-5-7-1-3-8(4-2-7)12(15)16/h1-5,13H,6H2,(H,11,14)/b10-5+. The number of carbonyl (C=O) groups excluding carboxylic acids is 1. The molecule has 0 aliphatic heterocycles. The van der Waals surface area contributed by atoms with Crippen molar-refractivity contribution in [1.29, 1.82) is 0 Å². The first kappa shape index (κ1) is 11.8. The zero-order valence-corrected chi connectivity index (χ0v) is 8.16. The maximum atomic E-state index is 10.6. The summed E-state index contributed by atoms with van der Waals surface area (Å²) in [5.41, 5.74) is 2.65. The molecule has 0 spiro atoms. The summed E-state index contributed by atoms with van der Waals surface area (Å²) >= 11 is 0. The second-order valence-corrected chi connectivity index (χ2v) is 2.80. The molecule has 1 aromatic rings. The number of carbonyl (C=O) groups is 1. The lowest BCUT2D eigenvalue weighted by Crippen LogP contribution is -2.20. The zero-order valence-electron chi connectivity index (χ0n) is 8.16. The van der Waals surface area contributed by atoms with Crippen LogP contribution in [0.4, 0.5) is 5.69 Å². The van der Waals surface area contributed by atoms with Gasteiger partial charge in [0.05, 0.1) is 11.1 Å². The first-order valence-corrected chi connectivity index (χ1v) is 4.30. The van der Waals surface area contributed by atoms with E-state index in [1.807, 2.05) is 0 Å². The molecule has 1 aromatic carbocycles. The van der Waals surface area contributed by atoms with E-state index in [0.29, 0.717) is 5.56 Å². The van der Waals surface area contributed by atoms with Gasteiger partial charge in [-0.3, -0.25) is 14.9 Å². The summed E-state index contributed by atoms with van der Waals surface area (Å²) in [5.74, 6) is -0.627. The summed E-state index contributed by atoms with van der Waals surface area (Å²) in [7, 11) is 0. The predicted octanol–water partition coefficient (Wildman–Crippen LogP) is 0.0372. The second kappa shape index (κ2) is 5.56. The minimum absolute atomic E-state index is 0.0171. The fraction of sp³-hybridized carbons (Fsp3) is 0.111. The van der Waals surface area contributed by atoms with E-state index in [1.165, 1.54) is 30.5 Å². The Morgan fingerprint density at radius 1 is 1.50 bits per heavy atom. The van der Waals surface area contributed by atoms with Crippen molar-refractivity contribution >= 4 is 17.8 Å². The van der Waals surface area contributed by atoms with Gasteiger partial charge in [0.15, 0.2) is 0 Å². The van der Waals surface area contributed by atoms with Crippen molar-refractivity contribution in [3.05, 3.63) is 39.9 Å². The first-order valence-electron chi connectivity index (χ1n) is 4.30. The number of hydrogen-bond donors (Lipinski definition) is 2.